The molecule has 1 saturated heterocycles. The van der Waals surface area contributed by atoms with Crippen molar-refractivity contribution in [3.05, 3.63) is 60.2 Å². The number of para-hydroxylation sites is 1. The molecule has 0 radical (unpaired) electrons. The van der Waals surface area contributed by atoms with Crippen molar-refractivity contribution >= 4 is 5.91 Å². The van der Waals surface area contributed by atoms with Crippen molar-refractivity contribution in [1.82, 2.24) is 5.32 Å². The fourth-order valence-electron chi connectivity index (χ4n) is 3.00. The van der Waals surface area contributed by atoms with E-state index in [-0.39, 0.29) is 18.1 Å². The van der Waals surface area contributed by atoms with Crippen molar-refractivity contribution in [2.75, 3.05) is 19.8 Å². The molecular weight excluding hydrogens is 342 g/mol. The lowest BCUT2D eigenvalue weighted by Gasteiger charge is -2.15. The largest absolute Gasteiger partial charge is 0.457 e. The molecule has 1 amide bonds. The lowest BCUT2D eigenvalue weighted by Crippen LogP contribution is -2.28. The Morgan fingerprint density at radius 2 is 1.89 bits per heavy atom. The number of carbonyl (C=O) groups is 1. The molecule has 2 aromatic rings. The quantitative estimate of drug-likeness (QED) is 0.672. The van der Waals surface area contributed by atoms with Gasteiger partial charge in [0.05, 0.1) is 25.4 Å². The van der Waals surface area contributed by atoms with Gasteiger partial charge >= 0.3 is 0 Å². The molecule has 2 unspecified atom stereocenters. The summed E-state index contributed by atoms with van der Waals surface area (Å²) < 4.78 is 16.8. The standard InChI is InChI=1S/C22H27NO4/c1-17(23-22(24)13-15-25-16-21-8-5-14-26-21)18-9-11-20(12-10-18)27-19-6-3-2-4-7-19/h2-4,6-7,9-12,17,21H,5,8,13-16H2,1H3,(H,23,24). The van der Waals surface area contributed by atoms with Crippen molar-refractivity contribution in [3.63, 3.8) is 0 Å². The Morgan fingerprint density at radius 1 is 1.15 bits per heavy atom. The second kappa shape index (κ2) is 10.1. The molecule has 2 aromatic carbocycles. The SMILES string of the molecule is CC(NC(=O)CCOCC1CCCO1)c1ccc(Oc2ccccc2)cc1. The van der Waals surface area contributed by atoms with Gasteiger partial charge in [-0.25, -0.2) is 0 Å². The number of rotatable bonds is 9. The van der Waals surface area contributed by atoms with E-state index in [4.69, 9.17) is 14.2 Å². The topological polar surface area (TPSA) is 56.8 Å². The zero-order valence-corrected chi connectivity index (χ0v) is 15.7. The van der Waals surface area contributed by atoms with E-state index in [0.717, 1.165) is 36.5 Å². The molecule has 5 nitrogen and oxygen atoms in total. The Morgan fingerprint density at radius 3 is 2.59 bits per heavy atom. The second-order valence-electron chi connectivity index (χ2n) is 6.73. The highest BCUT2D eigenvalue weighted by Gasteiger charge is 2.15. The van der Waals surface area contributed by atoms with Gasteiger partial charge in [0.15, 0.2) is 0 Å². The maximum atomic E-state index is 12.1. The first-order valence-electron chi connectivity index (χ1n) is 9.52. The van der Waals surface area contributed by atoms with Crippen LogP contribution in [0.4, 0.5) is 0 Å². The highest BCUT2D eigenvalue weighted by atomic mass is 16.5. The summed E-state index contributed by atoms with van der Waals surface area (Å²) in [6.45, 7) is 3.79. The average molecular weight is 369 g/mol. The molecule has 0 aliphatic carbocycles. The van der Waals surface area contributed by atoms with Gasteiger partial charge < -0.3 is 19.5 Å². The first-order chi connectivity index (χ1) is 13.2. The van der Waals surface area contributed by atoms with Crippen molar-refractivity contribution in [3.8, 4) is 11.5 Å². The maximum absolute atomic E-state index is 12.1. The van der Waals surface area contributed by atoms with Crippen LogP contribution in [0.3, 0.4) is 0 Å². The number of ether oxygens (including phenoxy) is 3. The van der Waals surface area contributed by atoms with Gasteiger partial charge in [-0.15, -0.1) is 0 Å². The normalized spacial score (nSPS) is 17.4. The Balaban J connectivity index is 1.39. The number of amides is 1. The lowest BCUT2D eigenvalue weighted by molar-refractivity contribution is -0.123. The van der Waals surface area contributed by atoms with Gasteiger partial charge in [-0.2, -0.15) is 0 Å². The zero-order valence-electron chi connectivity index (χ0n) is 15.7. The number of benzene rings is 2. The van der Waals surface area contributed by atoms with Crippen LogP contribution < -0.4 is 10.1 Å². The minimum atomic E-state index is -0.0681. The Kier molecular flexibility index (Phi) is 7.25. The third kappa shape index (κ3) is 6.38. The molecule has 3 rings (SSSR count). The first kappa shape index (κ1) is 19.4. The van der Waals surface area contributed by atoms with Crippen LogP contribution in [-0.4, -0.2) is 31.8 Å². The van der Waals surface area contributed by atoms with Gasteiger partial charge in [0.25, 0.3) is 0 Å². The number of nitrogens with one attached hydrogen (secondary N) is 1. The number of hydrogen-bond donors (Lipinski definition) is 1. The fraction of sp³-hybridized carbons (Fsp3) is 0.409. The summed E-state index contributed by atoms with van der Waals surface area (Å²) in [5.74, 6) is 1.56. The van der Waals surface area contributed by atoms with Crippen LogP contribution in [-0.2, 0) is 14.3 Å². The minimum absolute atomic E-state index is 0.0144. The molecule has 27 heavy (non-hydrogen) atoms. The monoisotopic (exact) mass is 369 g/mol. The molecule has 2 atom stereocenters. The van der Waals surface area contributed by atoms with Crippen molar-refractivity contribution < 1.29 is 19.0 Å². The van der Waals surface area contributed by atoms with Crippen LogP contribution in [0.15, 0.2) is 54.6 Å². The summed E-state index contributed by atoms with van der Waals surface area (Å²) in [4.78, 5) is 12.1. The van der Waals surface area contributed by atoms with E-state index in [0.29, 0.717) is 19.6 Å². The third-order valence-electron chi connectivity index (χ3n) is 4.54. The van der Waals surface area contributed by atoms with Crippen LogP contribution in [0.1, 0.15) is 37.8 Å². The molecule has 1 fully saturated rings. The van der Waals surface area contributed by atoms with Gasteiger partial charge in [0, 0.05) is 13.0 Å². The van der Waals surface area contributed by atoms with Crippen molar-refractivity contribution in [1.29, 1.82) is 0 Å². The van der Waals surface area contributed by atoms with Crippen LogP contribution in [0, 0.1) is 0 Å². The molecule has 5 heteroatoms. The predicted molar refractivity (Wildman–Crippen MR) is 104 cm³/mol. The summed E-state index contributed by atoms with van der Waals surface area (Å²) in [7, 11) is 0. The predicted octanol–water partition coefficient (Wildman–Crippen LogP) is 4.24. The first-order valence-corrected chi connectivity index (χ1v) is 9.52. The summed E-state index contributed by atoms with van der Waals surface area (Å²) in [5.41, 5.74) is 1.03. The smallest absolute Gasteiger partial charge is 0.222 e. The highest BCUT2D eigenvalue weighted by molar-refractivity contribution is 5.76. The van der Waals surface area contributed by atoms with E-state index in [1.54, 1.807) is 0 Å². The second-order valence-corrected chi connectivity index (χ2v) is 6.73. The molecule has 1 N–H and O–H groups in total. The fourth-order valence-corrected chi connectivity index (χ4v) is 3.00. The van der Waals surface area contributed by atoms with Gasteiger partial charge in [0.1, 0.15) is 11.5 Å². The lowest BCUT2D eigenvalue weighted by atomic mass is 10.1. The van der Waals surface area contributed by atoms with E-state index < -0.39 is 0 Å². The van der Waals surface area contributed by atoms with Crippen LogP contribution >= 0.6 is 0 Å². The van der Waals surface area contributed by atoms with Crippen LogP contribution in [0.5, 0.6) is 11.5 Å². The molecule has 1 aliphatic heterocycles. The van der Waals surface area contributed by atoms with E-state index in [1.807, 2.05) is 61.5 Å². The third-order valence-corrected chi connectivity index (χ3v) is 4.54. The molecule has 1 heterocycles. The molecule has 0 saturated carbocycles. The van der Waals surface area contributed by atoms with Gasteiger partial charge in [-0.05, 0) is 49.6 Å². The number of hydrogen-bond acceptors (Lipinski definition) is 4. The van der Waals surface area contributed by atoms with Gasteiger partial charge in [-0.3, -0.25) is 4.79 Å². The molecule has 0 spiro atoms. The van der Waals surface area contributed by atoms with E-state index in [9.17, 15) is 4.79 Å². The Bertz CT molecular complexity index is 696. The van der Waals surface area contributed by atoms with Crippen LogP contribution in [0.2, 0.25) is 0 Å². The summed E-state index contributed by atoms with van der Waals surface area (Å²) in [6.07, 6.45) is 2.70. The Labute approximate surface area is 160 Å². The van der Waals surface area contributed by atoms with Crippen molar-refractivity contribution in [2.24, 2.45) is 0 Å². The van der Waals surface area contributed by atoms with Crippen molar-refractivity contribution in [2.45, 2.75) is 38.3 Å². The number of carbonyl (C=O) groups excluding carboxylic acids is 1. The van der Waals surface area contributed by atoms with Gasteiger partial charge in [0.2, 0.25) is 5.91 Å². The van der Waals surface area contributed by atoms with E-state index >= 15 is 0 Å². The van der Waals surface area contributed by atoms with E-state index in [1.165, 1.54) is 0 Å². The molecule has 1 aliphatic rings. The molecule has 144 valence electrons. The molecule has 0 aromatic heterocycles. The molecular formula is C22H27NO4. The summed E-state index contributed by atoms with van der Waals surface area (Å²) in [6, 6.07) is 17.3. The highest BCUT2D eigenvalue weighted by Crippen LogP contribution is 2.23. The zero-order chi connectivity index (χ0) is 18.9. The minimum Gasteiger partial charge on any atom is -0.457 e. The van der Waals surface area contributed by atoms with E-state index in [2.05, 4.69) is 5.32 Å². The summed E-state index contributed by atoms with van der Waals surface area (Å²) >= 11 is 0. The summed E-state index contributed by atoms with van der Waals surface area (Å²) in [5, 5.41) is 3.00. The maximum Gasteiger partial charge on any atom is 0.222 e. The van der Waals surface area contributed by atoms with Crippen LogP contribution in [0.25, 0.3) is 0 Å². The average Bonchev–Trinajstić information content (AvgIpc) is 3.20. The Hall–Kier alpha value is -2.37. The molecule has 0 bridgehead atoms. The van der Waals surface area contributed by atoms with Gasteiger partial charge in [-0.1, -0.05) is 30.3 Å².